The maximum Gasteiger partial charge on any atom is 0.416 e. The van der Waals surface area contributed by atoms with Crippen LogP contribution in [0.4, 0.5) is 28.9 Å². The Bertz CT molecular complexity index is 1680. The summed E-state index contributed by atoms with van der Waals surface area (Å²) in [4.78, 5) is 44.6. The van der Waals surface area contributed by atoms with Gasteiger partial charge in [0.1, 0.15) is 5.82 Å². The zero-order chi connectivity index (χ0) is 34.3. The van der Waals surface area contributed by atoms with Crippen molar-refractivity contribution in [2.24, 2.45) is 11.8 Å². The smallest absolute Gasteiger partial charge is 0.382 e. The third-order valence-electron chi connectivity index (χ3n) is 10.2. The van der Waals surface area contributed by atoms with Crippen LogP contribution in [0.3, 0.4) is 0 Å². The lowest BCUT2D eigenvalue weighted by Gasteiger charge is -2.47. The Kier molecular flexibility index (Phi) is 9.24. The van der Waals surface area contributed by atoms with Crippen molar-refractivity contribution in [2.75, 3.05) is 23.7 Å². The van der Waals surface area contributed by atoms with Crippen molar-refractivity contribution >= 4 is 29.1 Å². The van der Waals surface area contributed by atoms with Crippen LogP contribution in [-0.4, -0.2) is 52.7 Å². The second-order valence-electron chi connectivity index (χ2n) is 13.4. The van der Waals surface area contributed by atoms with Gasteiger partial charge in [-0.2, -0.15) is 13.2 Å². The van der Waals surface area contributed by atoms with Crippen molar-refractivity contribution in [3.63, 3.8) is 0 Å². The molecule has 3 amide bonds. The third-order valence-corrected chi connectivity index (χ3v) is 10.2. The number of likely N-dealkylation sites (tertiary alicyclic amines) is 2. The lowest BCUT2D eigenvalue weighted by molar-refractivity contribution is -0.138. The quantitative estimate of drug-likeness (QED) is 0.268. The van der Waals surface area contributed by atoms with E-state index in [-0.39, 0.29) is 41.6 Å². The topological polar surface area (TPSA) is 81.8 Å². The summed E-state index contributed by atoms with van der Waals surface area (Å²) in [7, 11) is 0. The van der Waals surface area contributed by atoms with Crippen LogP contribution in [0.15, 0.2) is 60.7 Å². The monoisotopic (exact) mass is 664 g/mol. The Hall–Kier alpha value is -4.41. The molecule has 7 nitrogen and oxygen atoms in total. The minimum atomic E-state index is -4.61. The average molecular weight is 665 g/mol. The van der Waals surface area contributed by atoms with E-state index in [0.29, 0.717) is 23.7 Å². The molecule has 0 bridgehead atoms. The summed E-state index contributed by atoms with van der Waals surface area (Å²) in [5.74, 6) is -3.27. The van der Waals surface area contributed by atoms with Crippen molar-refractivity contribution in [3.8, 4) is 0 Å². The summed E-state index contributed by atoms with van der Waals surface area (Å²) >= 11 is 0. The number of carbonyl (C=O) groups excluding carboxylic acids is 3. The molecule has 2 aliphatic heterocycles. The Morgan fingerprint density at radius 1 is 0.875 bits per heavy atom. The third kappa shape index (κ3) is 6.64. The standard InChI is InChI=1S/C37H40F4N4O3/c1-21-11-14-28(18-30(21)37(39,40)41)43-35(47)29-17-25-19-44(23(3)46)20-32(25)45(36(48)33-22(2)7-6-10-31(33)38)34(29)24-12-15-27(16-13-24)42-26-8-4-5-9-26/h6-7,10-16,18,25-26,29,32,34,42H,4-5,8-9,17,19-20H2,1-3H3,(H,43,47)/t25?,29?,32?,34-/m1/s1. The summed E-state index contributed by atoms with van der Waals surface area (Å²) in [6.45, 7) is 4.96. The molecule has 2 saturated heterocycles. The molecular weight excluding hydrogens is 624 g/mol. The molecule has 6 rings (SSSR count). The molecule has 3 unspecified atom stereocenters. The number of piperidine rings is 1. The van der Waals surface area contributed by atoms with Crippen LogP contribution in [0.2, 0.25) is 0 Å². The highest BCUT2D eigenvalue weighted by molar-refractivity contribution is 5.98. The molecule has 2 heterocycles. The molecule has 2 N–H and O–H groups in total. The van der Waals surface area contributed by atoms with E-state index < -0.39 is 47.4 Å². The Morgan fingerprint density at radius 2 is 1.56 bits per heavy atom. The van der Waals surface area contributed by atoms with Gasteiger partial charge in [0, 0.05) is 37.4 Å². The maximum absolute atomic E-state index is 15.4. The SMILES string of the molecule is CC(=O)N1CC2CC(C(=O)Nc3ccc(C)c(C(F)(F)F)c3)[C@@H](c3ccc(NC4CCCC4)cc3)N(C(=O)c3c(C)cccc3F)C2C1. The number of fused-ring (bicyclic) bond motifs is 1. The number of benzene rings is 3. The highest BCUT2D eigenvalue weighted by atomic mass is 19.4. The number of aryl methyl sites for hydroxylation is 2. The first kappa shape index (κ1) is 33.5. The van der Waals surface area contributed by atoms with E-state index in [9.17, 15) is 27.6 Å². The first-order chi connectivity index (χ1) is 22.8. The summed E-state index contributed by atoms with van der Waals surface area (Å²) in [6, 6.07) is 14.5. The fraction of sp³-hybridized carbons (Fsp3) is 0.432. The highest BCUT2D eigenvalue weighted by Gasteiger charge is 2.52. The lowest BCUT2D eigenvalue weighted by atomic mass is 9.76. The zero-order valence-electron chi connectivity index (χ0n) is 27.2. The van der Waals surface area contributed by atoms with E-state index in [0.717, 1.165) is 37.4 Å². The predicted molar refractivity (Wildman–Crippen MR) is 175 cm³/mol. The molecule has 11 heteroatoms. The van der Waals surface area contributed by atoms with E-state index >= 15 is 4.39 Å². The van der Waals surface area contributed by atoms with Crippen LogP contribution in [-0.2, 0) is 15.8 Å². The molecular formula is C37H40F4N4O3. The number of halogens is 4. The van der Waals surface area contributed by atoms with Gasteiger partial charge in [-0.15, -0.1) is 0 Å². The molecule has 254 valence electrons. The van der Waals surface area contributed by atoms with Gasteiger partial charge in [0.05, 0.1) is 29.1 Å². The number of carbonyl (C=O) groups is 3. The largest absolute Gasteiger partial charge is 0.416 e. The molecule has 3 aromatic rings. The molecule has 3 aliphatic rings. The van der Waals surface area contributed by atoms with Crippen LogP contribution in [0.5, 0.6) is 0 Å². The number of hydrogen-bond acceptors (Lipinski definition) is 4. The number of hydrogen-bond donors (Lipinski definition) is 2. The molecule has 0 aromatic heterocycles. The number of anilines is 2. The number of alkyl halides is 3. The minimum absolute atomic E-state index is 0.0190. The Morgan fingerprint density at radius 3 is 2.21 bits per heavy atom. The van der Waals surface area contributed by atoms with Gasteiger partial charge in [-0.3, -0.25) is 14.4 Å². The van der Waals surface area contributed by atoms with Crippen LogP contribution >= 0.6 is 0 Å². The van der Waals surface area contributed by atoms with E-state index in [1.165, 1.54) is 38.1 Å². The molecule has 4 atom stereocenters. The first-order valence-electron chi connectivity index (χ1n) is 16.5. The molecule has 0 radical (unpaired) electrons. The van der Waals surface area contributed by atoms with Gasteiger partial charge >= 0.3 is 6.18 Å². The lowest BCUT2D eigenvalue weighted by Crippen LogP contribution is -2.55. The van der Waals surface area contributed by atoms with Gasteiger partial charge < -0.3 is 20.4 Å². The summed E-state index contributed by atoms with van der Waals surface area (Å²) in [6.07, 6.45) is 0.119. The minimum Gasteiger partial charge on any atom is -0.382 e. The molecule has 3 aromatic carbocycles. The fourth-order valence-corrected chi connectivity index (χ4v) is 7.79. The van der Waals surface area contributed by atoms with Gasteiger partial charge in [0.15, 0.2) is 0 Å². The molecule has 1 saturated carbocycles. The summed E-state index contributed by atoms with van der Waals surface area (Å²) in [5.41, 5.74) is 0.994. The second-order valence-corrected chi connectivity index (χ2v) is 13.4. The van der Waals surface area contributed by atoms with Crippen LogP contribution in [0.1, 0.15) is 77.7 Å². The van der Waals surface area contributed by atoms with Crippen molar-refractivity contribution in [1.29, 1.82) is 0 Å². The van der Waals surface area contributed by atoms with E-state index in [4.69, 9.17) is 0 Å². The van der Waals surface area contributed by atoms with Gasteiger partial charge in [-0.25, -0.2) is 4.39 Å². The number of nitrogens with one attached hydrogen (secondary N) is 2. The van der Waals surface area contributed by atoms with Crippen molar-refractivity contribution in [2.45, 2.75) is 77.2 Å². The first-order valence-corrected chi connectivity index (χ1v) is 16.5. The number of rotatable bonds is 6. The summed E-state index contributed by atoms with van der Waals surface area (Å²) < 4.78 is 56.7. The van der Waals surface area contributed by atoms with Crippen LogP contribution in [0, 0.1) is 31.5 Å². The van der Waals surface area contributed by atoms with E-state index in [1.54, 1.807) is 22.8 Å². The van der Waals surface area contributed by atoms with E-state index in [2.05, 4.69) is 10.6 Å². The van der Waals surface area contributed by atoms with Gasteiger partial charge in [-0.05, 0) is 86.1 Å². The summed E-state index contributed by atoms with van der Waals surface area (Å²) in [5, 5.41) is 6.25. The normalized spacial score (nSPS) is 22.8. The maximum atomic E-state index is 15.4. The number of nitrogens with zero attached hydrogens (tertiary/aromatic N) is 2. The molecule has 0 spiro atoms. The zero-order valence-corrected chi connectivity index (χ0v) is 27.2. The van der Waals surface area contributed by atoms with Gasteiger partial charge in [0.2, 0.25) is 11.8 Å². The van der Waals surface area contributed by atoms with Gasteiger partial charge in [-0.1, -0.05) is 43.2 Å². The predicted octanol–water partition coefficient (Wildman–Crippen LogP) is 7.50. The van der Waals surface area contributed by atoms with E-state index in [1.807, 2.05) is 24.3 Å². The van der Waals surface area contributed by atoms with Crippen molar-refractivity contribution in [3.05, 3.63) is 94.3 Å². The average Bonchev–Trinajstić information content (AvgIpc) is 3.71. The van der Waals surface area contributed by atoms with Gasteiger partial charge in [0.25, 0.3) is 5.91 Å². The Balaban J connectivity index is 1.43. The fourth-order valence-electron chi connectivity index (χ4n) is 7.79. The van der Waals surface area contributed by atoms with Crippen molar-refractivity contribution in [1.82, 2.24) is 9.80 Å². The highest BCUT2D eigenvalue weighted by Crippen LogP contribution is 2.46. The number of amides is 3. The Labute approximate surface area is 277 Å². The molecule has 1 aliphatic carbocycles. The second kappa shape index (κ2) is 13.2. The van der Waals surface area contributed by atoms with Crippen LogP contribution < -0.4 is 10.6 Å². The van der Waals surface area contributed by atoms with Crippen LogP contribution in [0.25, 0.3) is 0 Å². The molecule has 3 fully saturated rings. The van der Waals surface area contributed by atoms with Crippen molar-refractivity contribution < 1.29 is 31.9 Å². The molecule has 48 heavy (non-hydrogen) atoms.